The molecule has 0 aromatic heterocycles. The van der Waals surface area contributed by atoms with E-state index in [1.54, 1.807) is 0 Å². The standard InChI is InChI=1S/C11H15NO2/c1-3-10(8-12(13)14)11-6-4-9(2)5-7-11/h4-7,10H,3,8H2,1-2H3/t10-/m1/s1. The molecule has 0 fully saturated rings. The first-order chi connectivity index (χ1) is 6.63. The minimum atomic E-state index is -0.242. The molecule has 0 saturated heterocycles. The van der Waals surface area contributed by atoms with Gasteiger partial charge in [-0.2, -0.15) is 0 Å². The van der Waals surface area contributed by atoms with Gasteiger partial charge in [0.2, 0.25) is 6.54 Å². The van der Waals surface area contributed by atoms with Crippen LogP contribution in [0.4, 0.5) is 0 Å². The van der Waals surface area contributed by atoms with E-state index in [9.17, 15) is 10.1 Å². The van der Waals surface area contributed by atoms with E-state index in [4.69, 9.17) is 0 Å². The van der Waals surface area contributed by atoms with Gasteiger partial charge in [-0.15, -0.1) is 0 Å². The Hall–Kier alpha value is -1.38. The monoisotopic (exact) mass is 193 g/mol. The van der Waals surface area contributed by atoms with Crippen molar-refractivity contribution < 1.29 is 4.92 Å². The summed E-state index contributed by atoms with van der Waals surface area (Å²) < 4.78 is 0. The average Bonchev–Trinajstić information content (AvgIpc) is 2.15. The minimum Gasteiger partial charge on any atom is -0.265 e. The largest absolute Gasteiger partial charge is 0.265 e. The van der Waals surface area contributed by atoms with E-state index in [2.05, 4.69) is 0 Å². The van der Waals surface area contributed by atoms with E-state index >= 15 is 0 Å². The third-order valence-electron chi connectivity index (χ3n) is 2.41. The van der Waals surface area contributed by atoms with E-state index in [0.717, 1.165) is 12.0 Å². The Balaban J connectivity index is 2.78. The van der Waals surface area contributed by atoms with Gasteiger partial charge in [-0.3, -0.25) is 10.1 Å². The van der Waals surface area contributed by atoms with Crippen molar-refractivity contribution >= 4 is 0 Å². The van der Waals surface area contributed by atoms with Crippen molar-refractivity contribution in [2.45, 2.75) is 26.2 Å². The number of hydrogen-bond acceptors (Lipinski definition) is 2. The summed E-state index contributed by atoms with van der Waals surface area (Å²) in [7, 11) is 0. The van der Waals surface area contributed by atoms with Gasteiger partial charge in [0.05, 0.1) is 0 Å². The molecule has 0 aliphatic heterocycles. The van der Waals surface area contributed by atoms with Crippen LogP contribution in [0.25, 0.3) is 0 Å². The average molecular weight is 193 g/mol. The van der Waals surface area contributed by atoms with Gasteiger partial charge in [-0.1, -0.05) is 36.8 Å². The summed E-state index contributed by atoms with van der Waals surface area (Å²) in [6, 6.07) is 7.95. The second-order valence-corrected chi connectivity index (χ2v) is 3.53. The van der Waals surface area contributed by atoms with Crippen molar-refractivity contribution in [2.24, 2.45) is 0 Å². The molecule has 3 heteroatoms. The number of benzene rings is 1. The smallest absolute Gasteiger partial charge is 0.210 e. The van der Waals surface area contributed by atoms with E-state index in [1.807, 2.05) is 38.1 Å². The van der Waals surface area contributed by atoms with Crippen molar-refractivity contribution in [2.75, 3.05) is 6.54 Å². The highest BCUT2D eigenvalue weighted by atomic mass is 16.6. The van der Waals surface area contributed by atoms with Gasteiger partial charge in [0.25, 0.3) is 0 Å². The van der Waals surface area contributed by atoms with Crippen LogP contribution in [0.2, 0.25) is 0 Å². The summed E-state index contributed by atoms with van der Waals surface area (Å²) in [5.41, 5.74) is 2.25. The fourth-order valence-electron chi connectivity index (χ4n) is 1.49. The van der Waals surface area contributed by atoms with Crippen molar-refractivity contribution in [3.8, 4) is 0 Å². The Morgan fingerprint density at radius 1 is 1.36 bits per heavy atom. The Labute approximate surface area is 83.9 Å². The molecule has 0 radical (unpaired) electrons. The van der Waals surface area contributed by atoms with Crippen molar-refractivity contribution in [3.05, 3.63) is 45.5 Å². The zero-order valence-electron chi connectivity index (χ0n) is 8.56. The maximum atomic E-state index is 10.4. The van der Waals surface area contributed by atoms with Crippen LogP contribution in [-0.4, -0.2) is 11.5 Å². The fraction of sp³-hybridized carbons (Fsp3) is 0.455. The molecule has 3 nitrogen and oxygen atoms in total. The molecule has 1 atom stereocenters. The summed E-state index contributed by atoms with van der Waals surface area (Å²) in [4.78, 5) is 10.2. The summed E-state index contributed by atoms with van der Waals surface area (Å²) in [5.74, 6) is 0.0469. The molecule has 1 rings (SSSR count). The third kappa shape index (κ3) is 2.83. The molecule has 0 bridgehead atoms. The van der Waals surface area contributed by atoms with Gasteiger partial charge in [0, 0.05) is 10.8 Å². The van der Waals surface area contributed by atoms with Gasteiger partial charge < -0.3 is 0 Å². The predicted octanol–water partition coefficient (Wildman–Crippen LogP) is 2.77. The summed E-state index contributed by atoms with van der Waals surface area (Å²) in [5, 5.41) is 10.4. The van der Waals surface area contributed by atoms with E-state index in [0.29, 0.717) is 0 Å². The third-order valence-corrected chi connectivity index (χ3v) is 2.41. The number of rotatable bonds is 4. The number of nitro groups is 1. The molecule has 0 unspecified atom stereocenters. The molecule has 0 saturated carbocycles. The highest BCUT2D eigenvalue weighted by Gasteiger charge is 2.14. The zero-order chi connectivity index (χ0) is 10.6. The molecule has 1 aromatic carbocycles. The molecule has 0 amide bonds. The van der Waals surface area contributed by atoms with E-state index in [-0.39, 0.29) is 17.4 Å². The summed E-state index contributed by atoms with van der Waals surface area (Å²) in [6.45, 7) is 4.02. The van der Waals surface area contributed by atoms with Crippen molar-refractivity contribution in [3.63, 3.8) is 0 Å². The summed E-state index contributed by atoms with van der Waals surface area (Å²) in [6.07, 6.45) is 0.810. The maximum Gasteiger partial charge on any atom is 0.210 e. The second-order valence-electron chi connectivity index (χ2n) is 3.53. The molecule has 0 aliphatic rings. The number of aryl methyl sites for hydroxylation is 1. The van der Waals surface area contributed by atoms with Gasteiger partial charge in [0.15, 0.2) is 0 Å². The van der Waals surface area contributed by atoms with Crippen molar-refractivity contribution in [1.82, 2.24) is 0 Å². The summed E-state index contributed by atoms with van der Waals surface area (Å²) >= 11 is 0. The number of hydrogen-bond donors (Lipinski definition) is 0. The Morgan fingerprint density at radius 3 is 2.36 bits per heavy atom. The lowest BCUT2D eigenvalue weighted by atomic mass is 9.96. The predicted molar refractivity (Wildman–Crippen MR) is 56.1 cm³/mol. The van der Waals surface area contributed by atoms with Crippen LogP contribution >= 0.6 is 0 Å². The van der Waals surface area contributed by atoms with E-state index in [1.165, 1.54) is 5.56 Å². The van der Waals surface area contributed by atoms with Crippen LogP contribution in [0.3, 0.4) is 0 Å². The van der Waals surface area contributed by atoms with Gasteiger partial charge in [-0.05, 0) is 18.9 Å². The molecule has 0 N–H and O–H groups in total. The Kier molecular flexibility index (Phi) is 3.63. The SMILES string of the molecule is CC[C@H](C[N+](=O)[O-])c1ccc(C)cc1. The molecule has 0 heterocycles. The van der Waals surface area contributed by atoms with Crippen LogP contribution in [0.5, 0.6) is 0 Å². The van der Waals surface area contributed by atoms with Crippen molar-refractivity contribution in [1.29, 1.82) is 0 Å². The second kappa shape index (κ2) is 4.74. The molecule has 14 heavy (non-hydrogen) atoms. The molecule has 1 aromatic rings. The molecular weight excluding hydrogens is 178 g/mol. The molecule has 76 valence electrons. The van der Waals surface area contributed by atoms with Gasteiger partial charge >= 0.3 is 0 Å². The minimum absolute atomic E-state index is 0.0273. The highest BCUT2D eigenvalue weighted by molar-refractivity contribution is 5.24. The fourth-order valence-corrected chi connectivity index (χ4v) is 1.49. The normalized spacial score (nSPS) is 12.4. The lowest BCUT2D eigenvalue weighted by Gasteiger charge is -2.10. The quantitative estimate of drug-likeness (QED) is 0.545. The van der Waals surface area contributed by atoms with E-state index < -0.39 is 0 Å². The van der Waals surface area contributed by atoms with Crippen LogP contribution < -0.4 is 0 Å². The molecule has 0 aliphatic carbocycles. The van der Waals surface area contributed by atoms with Gasteiger partial charge in [-0.25, -0.2) is 0 Å². The maximum absolute atomic E-state index is 10.4. The molecule has 0 spiro atoms. The molecular formula is C11H15NO2. The first kappa shape index (κ1) is 10.7. The number of nitrogens with zero attached hydrogens (tertiary/aromatic N) is 1. The van der Waals surface area contributed by atoms with Crippen LogP contribution in [-0.2, 0) is 0 Å². The topological polar surface area (TPSA) is 43.1 Å². The Morgan fingerprint density at radius 2 is 1.93 bits per heavy atom. The first-order valence-corrected chi connectivity index (χ1v) is 4.82. The Bertz CT molecular complexity index is 306. The van der Waals surface area contributed by atoms with Crippen LogP contribution in [0.15, 0.2) is 24.3 Å². The highest BCUT2D eigenvalue weighted by Crippen LogP contribution is 2.19. The van der Waals surface area contributed by atoms with Crippen LogP contribution in [0, 0.1) is 17.0 Å². The van der Waals surface area contributed by atoms with Gasteiger partial charge in [0.1, 0.15) is 0 Å². The zero-order valence-corrected chi connectivity index (χ0v) is 8.56. The first-order valence-electron chi connectivity index (χ1n) is 4.82. The van der Waals surface area contributed by atoms with Crippen LogP contribution in [0.1, 0.15) is 30.4 Å². The lowest BCUT2D eigenvalue weighted by Crippen LogP contribution is -2.11. The lowest BCUT2D eigenvalue weighted by molar-refractivity contribution is -0.483.